The predicted molar refractivity (Wildman–Crippen MR) is 156 cm³/mol. The standard InChI is InChI=1S/C28H32N2O2.C4H4O4/c1-31-26-16-15-23(27(22-26)32-2)14-9-17-29-18-20-30(21-19-29)28(24-10-5-3-6-11-24)25-12-7-4-8-13-25;5-3(6)1-2-4(7)8/h3-16,22,28H,17-21H2,1-2H3;1-2H,(H,5,6)(H,7,8)/b14-9+;2-1+. The first-order valence-electron chi connectivity index (χ1n) is 13.0. The second-order valence-corrected chi connectivity index (χ2v) is 9.08. The van der Waals surface area contributed by atoms with Crippen LogP contribution in [0.5, 0.6) is 11.5 Å². The Hall–Kier alpha value is -4.40. The van der Waals surface area contributed by atoms with Crippen molar-refractivity contribution in [1.29, 1.82) is 0 Å². The van der Waals surface area contributed by atoms with Crippen LogP contribution < -0.4 is 9.47 Å². The number of piperazine rings is 1. The van der Waals surface area contributed by atoms with Crippen molar-refractivity contribution in [3.8, 4) is 11.5 Å². The molecule has 3 aromatic carbocycles. The first kappa shape index (κ1) is 30.1. The average molecular weight is 545 g/mol. The molecule has 0 radical (unpaired) electrons. The van der Waals surface area contributed by atoms with Gasteiger partial charge in [0.15, 0.2) is 0 Å². The highest BCUT2D eigenvalue weighted by Crippen LogP contribution is 2.29. The molecule has 8 nitrogen and oxygen atoms in total. The van der Waals surface area contributed by atoms with Gasteiger partial charge in [0.1, 0.15) is 11.5 Å². The van der Waals surface area contributed by atoms with Crippen LogP contribution in [0.15, 0.2) is 97.1 Å². The van der Waals surface area contributed by atoms with Gasteiger partial charge >= 0.3 is 11.9 Å². The highest BCUT2D eigenvalue weighted by atomic mass is 16.5. The van der Waals surface area contributed by atoms with Crippen LogP contribution in [-0.4, -0.2) is 78.9 Å². The van der Waals surface area contributed by atoms with Crippen molar-refractivity contribution in [2.45, 2.75) is 6.04 Å². The van der Waals surface area contributed by atoms with Gasteiger partial charge in [-0.15, -0.1) is 0 Å². The van der Waals surface area contributed by atoms with Crippen LogP contribution in [0.2, 0.25) is 0 Å². The molecule has 1 aliphatic heterocycles. The quantitative estimate of drug-likeness (QED) is 0.350. The van der Waals surface area contributed by atoms with E-state index < -0.39 is 11.9 Å². The molecule has 0 atom stereocenters. The van der Waals surface area contributed by atoms with Gasteiger partial charge in [-0.25, -0.2) is 9.59 Å². The van der Waals surface area contributed by atoms with Gasteiger partial charge in [-0.3, -0.25) is 9.80 Å². The van der Waals surface area contributed by atoms with Crippen LogP contribution in [0.25, 0.3) is 6.08 Å². The highest BCUT2D eigenvalue weighted by molar-refractivity contribution is 5.89. The number of nitrogens with zero attached hydrogens (tertiary/aromatic N) is 2. The van der Waals surface area contributed by atoms with Gasteiger partial charge in [0.05, 0.1) is 20.3 Å². The van der Waals surface area contributed by atoms with E-state index >= 15 is 0 Å². The summed E-state index contributed by atoms with van der Waals surface area (Å²) in [6.45, 7) is 5.15. The van der Waals surface area contributed by atoms with Crippen molar-refractivity contribution < 1.29 is 29.3 Å². The van der Waals surface area contributed by atoms with Crippen molar-refractivity contribution in [3.63, 3.8) is 0 Å². The maximum atomic E-state index is 9.55. The number of ether oxygens (including phenoxy) is 2. The zero-order chi connectivity index (χ0) is 28.7. The lowest BCUT2D eigenvalue weighted by Crippen LogP contribution is -2.47. The van der Waals surface area contributed by atoms with Crippen LogP contribution >= 0.6 is 0 Å². The van der Waals surface area contributed by atoms with Crippen LogP contribution in [0.3, 0.4) is 0 Å². The molecule has 0 unspecified atom stereocenters. The molecule has 0 aromatic heterocycles. The Morgan fingerprint density at radius 1 is 0.800 bits per heavy atom. The number of carboxylic acid groups (broad SMARTS) is 2. The fourth-order valence-electron chi connectivity index (χ4n) is 4.52. The molecule has 2 N–H and O–H groups in total. The van der Waals surface area contributed by atoms with E-state index in [1.807, 2.05) is 18.2 Å². The van der Waals surface area contributed by atoms with E-state index in [1.54, 1.807) is 14.2 Å². The molecule has 0 aliphatic carbocycles. The van der Waals surface area contributed by atoms with Crippen molar-refractivity contribution in [2.75, 3.05) is 46.9 Å². The van der Waals surface area contributed by atoms with E-state index in [0.29, 0.717) is 18.2 Å². The van der Waals surface area contributed by atoms with Gasteiger partial charge in [0.25, 0.3) is 0 Å². The van der Waals surface area contributed by atoms with Gasteiger partial charge in [-0.05, 0) is 23.3 Å². The van der Waals surface area contributed by atoms with Crippen LogP contribution in [0, 0.1) is 0 Å². The molecule has 8 heteroatoms. The number of carbonyl (C=O) groups is 2. The molecule has 0 spiro atoms. The summed E-state index contributed by atoms with van der Waals surface area (Å²) in [6.07, 6.45) is 5.48. The van der Waals surface area contributed by atoms with Gasteiger partial charge in [0, 0.05) is 56.5 Å². The molecular formula is C32H36N2O6. The number of methoxy groups -OCH3 is 2. The Balaban J connectivity index is 0.000000482. The first-order valence-corrected chi connectivity index (χ1v) is 13.0. The van der Waals surface area contributed by atoms with E-state index in [2.05, 4.69) is 82.6 Å². The summed E-state index contributed by atoms with van der Waals surface area (Å²) in [5, 5.41) is 15.6. The van der Waals surface area contributed by atoms with E-state index in [-0.39, 0.29) is 0 Å². The third-order valence-electron chi connectivity index (χ3n) is 6.47. The molecule has 0 saturated carbocycles. The van der Waals surface area contributed by atoms with Crippen molar-refractivity contribution in [2.24, 2.45) is 0 Å². The number of carboxylic acids is 2. The average Bonchev–Trinajstić information content (AvgIpc) is 2.98. The minimum Gasteiger partial charge on any atom is -0.497 e. The number of hydrogen-bond donors (Lipinski definition) is 2. The molecular weight excluding hydrogens is 508 g/mol. The Labute approximate surface area is 235 Å². The largest absolute Gasteiger partial charge is 0.497 e. The lowest BCUT2D eigenvalue weighted by atomic mass is 9.96. The molecule has 0 amide bonds. The molecule has 3 aromatic rings. The second-order valence-electron chi connectivity index (χ2n) is 9.08. The monoisotopic (exact) mass is 544 g/mol. The topological polar surface area (TPSA) is 99.5 Å². The summed E-state index contributed by atoms with van der Waals surface area (Å²) in [5.74, 6) is -0.875. The Kier molecular flexibility index (Phi) is 12.0. The molecule has 0 bridgehead atoms. The molecule has 210 valence electrons. The summed E-state index contributed by atoms with van der Waals surface area (Å²) >= 11 is 0. The van der Waals surface area contributed by atoms with Crippen LogP contribution in [0.1, 0.15) is 22.7 Å². The molecule has 1 saturated heterocycles. The SMILES string of the molecule is COc1ccc(/C=C/CN2CCN(C(c3ccccc3)c3ccccc3)CC2)c(OC)c1.O=C(O)/C=C/C(=O)O. The summed E-state index contributed by atoms with van der Waals surface area (Å²) in [4.78, 5) is 24.2. The first-order chi connectivity index (χ1) is 19.4. The van der Waals surface area contributed by atoms with Gasteiger partial charge < -0.3 is 19.7 Å². The summed E-state index contributed by atoms with van der Waals surface area (Å²) in [6, 6.07) is 27.9. The van der Waals surface area contributed by atoms with E-state index in [0.717, 1.165) is 49.8 Å². The van der Waals surface area contributed by atoms with Gasteiger partial charge in [-0.2, -0.15) is 0 Å². The summed E-state index contributed by atoms with van der Waals surface area (Å²) in [5.41, 5.74) is 3.79. The normalized spacial score (nSPS) is 14.2. The Bertz CT molecular complexity index is 1210. The third kappa shape index (κ3) is 9.41. The van der Waals surface area contributed by atoms with Crippen LogP contribution in [0.4, 0.5) is 0 Å². The fourth-order valence-corrected chi connectivity index (χ4v) is 4.52. The van der Waals surface area contributed by atoms with E-state index in [1.165, 1.54) is 11.1 Å². The fraction of sp³-hybridized carbons (Fsp3) is 0.250. The number of hydrogen-bond acceptors (Lipinski definition) is 6. The van der Waals surface area contributed by atoms with Gasteiger partial charge in [-0.1, -0.05) is 72.8 Å². The lowest BCUT2D eigenvalue weighted by molar-refractivity contribution is -0.134. The van der Waals surface area contributed by atoms with E-state index in [9.17, 15) is 9.59 Å². The highest BCUT2D eigenvalue weighted by Gasteiger charge is 2.25. The molecule has 40 heavy (non-hydrogen) atoms. The Morgan fingerprint density at radius 3 is 1.82 bits per heavy atom. The molecule has 1 aliphatic rings. The minimum absolute atomic E-state index is 0.304. The van der Waals surface area contributed by atoms with Gasteiger partial charge in [0.2, 0.25) is 0 Å². The van der Waals surface area contributed by atoms with Crippen molar-refractivity contribution in [3.05, 3.63) is 114 Å². The minimum atomic E-state index is -1.26. The second kappa shape index (κ2) is 15.9. The predicted octanol–water partition coefficient (Wildman–Crippen LogP) is 4.84. The molecule has 1 heterocycles. The Morgan fingerprint density at radius 2 is 1.35 bits per heavy atom. The maximum absolute atomic E-state index is 9.55. The van der Waals surface area contributed by atoms with Crippen molar-refractivity contribution in [1.82, 2.24) is 9.80 Å². The summed E-state index contributed by atoms with van der Waals surface area (Å²) in [7, 11) is 3.37. The summed E-state index contributed by atoms with van der Waals surface area (Å²) < 4.78 is 10.8. The van der Waals surface area contributed by atoms with Crippen molar-refractivity contribution >= 4 is 18.0 Å². The number of aliphatic carboxylic acids is 2. The van der Waals surface area contributed by atoms with E-state index in [4.69, 9.17) is 19.7 Å². The van der Waals surface area contributed by atoms with Crippen LogP contribution in [-0.2, 0) is 9.59 Å². The third-order valence-corrected chi connectivity index (χ3v) is 6.47. The zero-order valence-electron chi connectivity index (χ0n) is 22.8. The maximum Gasteiger partial charge on any atom is 0.328 e. The lowest BCUT2D eigenvalue weighted by Gasteiger charge is -2.39. The number of rotatable bonds is 10. The number of benzene rings is 3. The smallest absolute Gasteiger partial charge is 0.328 e. The zero-order valence-corrected chi connectivity index (χ0v) is 22.8. The molecule has 1 fully saturated rings. The molecule has 4 rings (SSSR count).